The number of nitrogens with one attached hydrogen (secondary N) is 1. The van der Waals surface area contributed by atoms with Gasteiger partial charge in [-0.15, -0.1) is 0 Å². The Hall–Kier alpha value is -1.06. The van der Waals surface area contributed by atoms with Crippen molar-refractivity contribution in [1.82, 2.24) is 5.32 Å². The molecule has 1 atom stereocenters. The average Bonchev–Trinajstić information content (AvgIpc) is 2.42. The molecule has 1 aromatic carbocycles. The van der Waals surface area contributed by atoms with Crippen LogP contribution in [0.15, 0.2) is 18.2 Å². The fraction of sp³-hybridized carbons (Fsp3) is 0.625. The Morgan fingerprint density at radius 3 is 2.74 bits per heavy atom. The molecule has 108 valence electrons. The molecule has 0 amide bonds. The lowest BCUT2D eigenvalue weighted by Gasteiger charge is -2.11. The normalized spacial score (nSPS) is 12.4. The van der Waals surface area contributed by atoms with Gasteiger partial charge in [0.1, 0.15) is 5.75 Å². The highest BCUT2D eigenvalue weighted by Crippen LogP contribution is 2.20. The lowest BCUT2D eigenvalue weighted by Crippen LogP contribution is -2.22. The van der Waals surface area contributed by atoms with Crippen LogP contribution in [0.2, 0.25) is 0 Å². The second kappa shape index (κ2) is 8.94. The predicted octanol–water partition coefficient (Wildman–Crippen LogP) is 2.52. The number of hydrogen-bond acceptors (Lipinski definition) is 3. The molecule has 3 heteroatoms. The summed E-state index contributed by atoms with van der Waals surface area (Å²) in [5.41, 5.74) is 8.39. The van der Waals surface area contributed by atoms with Gasteiger partial charge in [0.2, 0.25) is 0 Å². The largest absolute Gasteiger partial charge is 0.496 e. The van der Waals surface area contributed by atoms with Gasteiger partial charge in [-0.1, -0.05) is 19.1 Å². The Balaban J connectivity index is 2.35. The van der Waals surface area contributed by atoms with E-state index in [1.807, 2.05) is 0 Å². The molecule has 0 saturated carbocycles. The Morgan fingerprint density at radius 2 is 2.11 bits per heavy atom. The summed E-state index contributed by atoms with van der Waals surface area (Å²) >= 11 is 0. The topological polar surface area (TPSA) is 47.3 Å². The highest BCUT2D eigenvalue weighted by molar-refractivity contribution is 5.37. The molecule has 0 saturated heterocycles. The van der Waals surface area contributed by atoms with Crippen molar-refractivity contribution < 1.29 is 4.74 Å². The van der Waals surface area contributed by atoms with Gasteiger partial charge in [-0.2, -0.15) is 0 Å². The van der Waals surface area contributed by atoms with Crippen LogP contribution < -0.4 is 15.8 Å². The van der Waals surface area contributed by atoms with E-state index in [1.54, 1.807) is 7.11 Å². The number of benzene rings is 1. The first-order valence-electron chi connectivity index (χ1n) is 7.29. The summed E-state index contributed by atoms with van der Waals surface area (Å²) in [7, 11) is 1.74. The van der Waals surface area contributed by atoms with E-state index in [0.29, 0.717) is 6.04 Å². The van der Waals surface area contributed by atoms with E-state index in [2.05, 4.69) is 37.4 Å². The Kier molecular flexibility index (Phi) is 7.53. The van der Waals surface area contributed by atoms with Crippen molar-refractivity contribution in [2.45, 2.75) is 45.6 Å². The first-order valence-corrected chi connectivity index (χ1v) is 7.29. The summed E-state index contributed by atoms with van der Waals surface area (Å²) < 4.78 is 5.41. The molecular weight excluding hydrogens is 236 g/mol. The number of rotatable bonds is 9. The third kappa shape index (κ3) is 6.08. The molecule has 1 aromatic rings. The van der Waals surface area contributed by atoms with Crippen LogP contribution in [0.4, 0.5) is 0 Å². The van der Waals surface area contributed by atoms with Crippen LogP contribution in [-0.4, -0.2) is 26.2 Å². The van der Waals surface area contributed by atoms with Crippen LogP contribution in [0.5, 0.6) is 5.75 Å². The number of hydrogen-bond donors (Lipinski definition) is 2. The molecule has 0 radical (unpaired) electrons. The van der Waals surface area contributed by atoms with Crippen molar-refractivity contribution in [3.8, 4) is 5.75 Å². The Labute approximate surface area is 117 Å². The van der Waals surface area contributed by atoms with Crippen molar-refractivity contribution in [2.24, 2.45) is 5.73 Å². The van der Waals surface area contributed by atoms with Crippen LogP contribution in [-0.2, 0) is 12.8 Å². The van der Waals surface area contributed by atoms with Crippen LogP contribution in [0.3, 0.4) is 0 Å². The van der Waals surface area contributed by atoms with E-state index < -0.39 is 0 Å². The summed E-state index contributed by atoms with van der Waals surface area (Å²) in [4.78, 5) is 0. The lowest BCUT2D eigenvalue weighted by molar-refractivity contribution is 0.409. The van der Waals surface area contributed by atoms with E-state index in [0.717, 1.165) is 44.5 Å². The van der Waals surface area contributed by atoms with E-state index in [-0.39, 0.29) is 0 Å². The SMILES string of the molecule is CCc1ccc(OC)c(CCNCCCC(C)N)c1. The second-order valence-corrected chi connectivity index (χ2v) is 5.12. The average molecular weight is 264 g/mol. The molecule has 19 heavy (non-hydrogen) atoms. The van der Waals surface area contributed by atoms with Gasteiger partial charge in [-0.3, -0.25) is 0 Å². The number of ether oxygens (including phenoxy) is 1. The molecular formula is C16H28N2O. The first kappa shape index (κ1) is 16.0. The summed E-state index contributed by atoms with van der Waals surface area (Å²) in [6, 6.07) is 6.77. The molecule has 0 aliphatic heterocycles. The molecule has 0 bridgehead atoms. The highest BCUT2D eigenvalue weighted by Gasteiger charge is 2.03. The minimum atomic E-state index is 0.308. The maximum atomic E-state index is 5.72. The van der Waals surface area contributed by atoms with Crippen molar-refractivity contribution >= 4 is 0 Å². The van der Waals surface area contributed by atoms with Crippen LogP contribution in [0, 0.1) is 0 Å². The van der Waals surface area contributed by atoms with Crippen molar-refractivity contribution in [2.75, 3.05) is 20.2 Å². The number of aryl methyl sites for hydroxylation is 1. The molecule has 3 N–H and O–H groups in total. The minimum Gasteiger partial charge on any atom is -0.496 e. The highest BCUT2D eigenvalue weighted by atomic mass is 16.5. The summed E-state index contributed by atoms with van der Waals surface area (Å²) in [5, 5.41) is 3.47. The van der Waals surface area contributed by atoms with Crippen molar-refractivity contribution in [3.63, 3.8) is 0 Å². The zero-order valence-corrected chi connectivity index (χ0v) is 12.5. The molecule has 0 fully saturated rings. The molecule has 0 heterocycles. The van der Waals surface area contributed by atoms with E-state index in [9.17, 15) is 0 Å². The Morgan fingerprint density at radius 1 is 1.32 bits per heavy atom. The standard InChI is InChI=1S/C16H28N2O/c1-4-14-7-8-16(19-3)15(12-14)9-11-18-10-5-6-13(2)17/h7-8,12-13,18H,4-6,9-11,17H2,1-3H3. The van der Waals surface area contributed by atoms with Gasteiger partial charge < -0.3 is 15.8 Å². The fourth-order valence-corrected chi connectivity index (χ4v) is 2.14. The zero-order valence-electron chi connectivity index (χ0n) is 12.5. The summed E-state index contributed by atoms with van der Waals surface area (Å²) in [6.45, 7) is 6.26. The molecule has 0 spiro atoms. The smallest absolute Gasteiger partial charge is 0.122 e. The second-order valence-electron chi connectivity index (χ2n) is 5.12. The third-order valence-corrected chi connectivity index (χ3v) is 3.34. The van der Waals surface area contributed by atoms with Gasteiger partial charge >= 0.3 is 0 Å². The molecule has 1 rings (SSSR count). The summed E-state index contributed by atoms with van der Waals surface area (Å²) in [5.74, 6) is 0.995. The van der Waals surface area contributed by atoms with E-state index >= 15 is 0 Å². The monoisotopic (exact) mass is 264 g/mol. The number of nitrogens with two attached hydrogens (primary N) is 1. The fourth-order valence-electron chi connectivity index (χ4n) is 2.14. The Bertz CT molecular complexity index is 364. The predicted molar refractivity (Wildman–Crippen MR) is 81.8 cm³/mol. The molecule has 0 aliphatic carbocycles. The van der Waals surface area contributed by atoms with E-state index in [1.165, 1.54) is 11.1 Å². The van der Waals surface area contributed by atoms with Gasteiger partial charge in [0.05, 0.1) is 7.11 Å². The molecule has 1 unspecified atom stereocenters. The van der Waals surface area contributed by atoms with Gasteiger partial charge in [-0.05, 0) is 62.9 Å². The quantitative estimate of drug-likeness (QED) is 0.674. The molecule has 3 nitrogen and oxygen atoms in total. The van der Waals surface area contributed by atoms with Gasteiger partial charge in [0, 0.05) is 6.04 Å². The minimum absolute atomic E-state index is 0.308. The summed E-state index contributed by atoms with van der Waals surface area (Å²) in [6.07, 6.45) is 4.31. The number of methoxy groups -OCH3 is 1. The first-order chi connectivity index (χ1) is 9.17. The van der Waals surface area contributed by atoms with Gasteiger partial charge in [-0.25, -0.2) is 0 Å². The van der Waals surface area contributed by atoms with Crippen molar-refractivity contribution in [3.05, 3.63) is 29.3 Å². The maximum absolute atomic E-state index is 5.72. The van der Waals surface area contributed by atoms with Crippen LogP contribution in [0.1, 0.15) is 37.8 Å². The van der Waals surface area contributed by atoms with Gasteiger partial charge in [0.15, 0.2) is 0 Å². The molecule has 0 aliphatic rings. The van der Waals surface area contributed by atoms with E-state index in [4.69, 9.17) is 10.5 Å². The molecule has 0 aromatic heterocycles. The maximum Gasteiger partial charge on any atom is 0.122 e. The van der Waals surface area contributed by atoms with Crippen LogP contribution >= 0.6 is 0 Å². The zero-order chi connectivity index (χ0) is 14.1. The van der Waals surface area contributed by atoms with Crippen LogP contribution in [0.25, 0.3) is 0 Å². The van der Waals surface area contributed by atoms with Crippen molar-refractivity contribution in [1.29, 1.82) is 0 Å². The lowest BCUT2D eigenvalue weighted by atomic mass is 10.1. The third-order valence-electron chi connectivity index (χ3n) is 3.34. The van der Waals surface area contributed by atoms with Gasteiger partial charge in [0.25, 0.3) is 0 Å².